The van der Waals surface area contributed by atoms with Crippen LogP contribution in [0, 0.1) is 0 Å². The lowest BCUT2D eigenvalue weighted by atomic mass is 10.4. The highest BCUT2D eigenvalue weighted by Crippen LogP contribution is 2.18. The molecule has 0 fully saturated rings. The van der Waals surface area contributed by atoms with Crippen LogP contribution < -0.4 is 11.1 Å². The number of fused-ring (bicyclic) bond motifs is 1. The first-order chi connectivity index (χ1) is 7.66. The molecule has 4 N–H and O–H groups in total. The number of nitrogens with one attached hydrogen (secondary N) is 2. The molecule has 0 aromatic carbocycles. The first-order valence-electron chi connectivity index (χ1n) is 5.02. The largest absolute Gasteiger partial charge is 0.368 e. The number of H-pyrrole nitrogens is 1. The molecule has 2 aromatic heterocycles. The maximum Gasteiger partial charge on any atom is 0.224 e. The molecule has 0 saturated heterocycles. The highest BCUT2D eigenvalue weighted by molar-refractivity contribution is 5.86. The van der Waals surface area contributed by atoms with Gasteiger partial charge in [-0.2, -0.15) is 15.1 Å². The van der Waals surface area contributed by atoms with Crippen molar-refractivity contribution in [3.05, 3.63) is 6.20 Å². The highest BCUT2D eigenvalue weighted by atomic mass is 15.2. The number of likely N-dealkylation sites (N-methyl/N-ethyl adjacent to an activating group) is 1. The molecule has 0 bridgehead atoms. The zero-order valence-electron chi connectivity index (χ0n) is 9.36. The second kappa shape index (κ2) is 4.31. The van der Waals surface area contributed by atoms with Crippen molar-refractivity contribution >= 4 is 22.8 Å². The second-order valence-corrected chi connectivity index (χ2v) is 3.79. The number of hydrogen-bond donors (Lipinski definition) is 3. The molecule has 0 aliphatic rings. The van der Waals surface area contributed by atoms with Crippen molar-refractivity contribution in [2.75, 3.05) is 38.2 Å². The molecule has 7 heteroatoms. The average Bonchev–Trinajstić information content (AvgIpc) is 2.64. The van der Waals surface area contributed by atoms with Crippen LogP contribution in [0.15, 0.2) is 6.20 Å². The molecule has 0 radical (unpaired) electrons. The van der Waals surface area contributed by atoms with Crippen LogP contribution in [0.3, 0.4) is 0 Å². The third kappa shape index (κ3) is 2.19. The zero-order chi connectivity index (χ0) is 11.5. The number of nitrogens with two attached hydrogens (primary N) is 1. The Morgan fingerprint density at radius 3 is 3.00 bits per heavy atom. The number of aromatic nitrogens is 4. The summed E-state index contributed by atoms with van der Waals surface area (Å²) in [6, 6.07) is 0. The van der Waals surface area contributed by atoms with Crippen molar-refractivity contribution < 1.29 is 0 Å². The van der Waals surface area contributed by atoms with Gasteiger partial charge in [-0.1, -0.05) is 0 Å². The van der Waals surface area contributed by atoms with Gasteiger partial charge in [0.15, 0.2) is 5.65 Å². The van der Waals surface area contributed by atoms with Crippen molar-refractivity contribution in [1.29, 1.82) is 0 Å². The van der Waals surface area contributed by atoms with Gasteiger partial charge in [-0.15, -0.1) is 0 Å². The minimum atomic E-state index is 0.240. The Hall–Kier alpha value is -1.89. The quantitative estimate of drug-likeness (QED) is 0.667. The van der Waals surface area contributed by atoms with Crippen molar-refractivity contribution in [3.8, 4) is 0 Å². The molecule has 2 rings (SSSR count). The topological polar surface area (TPSA) is 95.7 Å². The lowest BCUT2D eigenvalue weighted by molar-refractivity contribution is 0.425. The van der Waals surface area contributed by atoms with Crippen LogP contribution in [0.2, 0.25) is 0 Å². The smallest absolute Gasteiger partial charge is 0.224 e. The lowest BCUT2D eigenvalue weighted by Gasteiger charge is -2.11. The van der Waals surface area contributed by atoms with E-state index in [2.05, 4.69) is 30.4 Å². The van der Waals surface area contributed by atoms with Gasteiger partial charge in [0.25, 0.3) is 0 Å². The molecule has 2 heterocycles. The molecule has 0 aliphatic carbocycles. The van der Waals surface area contributed by atoms with Gasteiger partial charge in [-0.25, -0.2) is 0 Å². The summed E-state index contributed by atoms with van der Waals surface area (Å²) in [5, 5.41) is 10.7. The molecule has 7 nitrogen and oxygen atoms in total. The van der Waals surface area contributed by atoms with Gasteiger partial charge in [-0.3, -0.25) is 5.10 Å². The lowest BCUT2D eigenvalue weighted by Crippen LogP contribution is -2.21. The molecule has 0 saturated carbocycles. The third-order valence-electron chi connectivity index (χ3n) is 2.18. The maximum atomic E-state index is 5.59. The van der Waals surface area contributed by atoms with E-state index in [0.717, 1.165) is 24.3 Å². The van der Waals surface area contributed by atoms with E-state index in [0.29, 0.717) is 5.65 Å². The molecular weight excluding hydrogens is 206 g/mol. The predicted octanol–water partition coefficient (Wildman–Crippen LogP) is -0.0914. The van der Waals surface area contributed by atoms with Gasteiger partial charge in [-0.05, 0) is 14.1 Å². The summed E-state index contributed by atoms with van der Waals surface area (Å²) < 4.78 is 0. The molecule has 2 aromatic rings. The Morgan fingerprint density at radius 1 is 1.44 bits per heavy atom. The van der Waals surface area contributed by atoms with E-state index < -0.39 is 0 Å². The summed E-state index contributed by atoms with van der Waals surface area (Å²) in [6.07, 6.45) is 1.69. The zero-order valence-corrected chi connectivity index (χ0v) is 9.36. The van der Waals surface area contributed by atoms with E-state index in [1.807, 2.05) is 14.1 Å². The van der Waals surface area contributed by atoms with Crippen LogP contribution in [0.4, 0.5) is 11.8 Å². The number of anilines is 2. The van der Waals surface area contributed by atoms with E-state index in [-0.39, 0.29) is 5.95 Å². The van der Waals surface area contributed by atoms with Crippen molar-refractivity contribution in [3.63, 3.8) is 0 Å². The Balaban J connectivity index is 2.19. The van der Waals surface area contributed by atoms with E-state index in [1.165, 1.54) is 0 Å². The van der Waals surface area contributed by atoms with Crippen LogP contribution in [-0.4, -0.2) is 52.3 Å². The predicted molar refractivity (Wildman–Crippen MR) is 63.1 cm³/mol. The van der Waals surface area contributed by atoms with E-state index in [9.17, 15) is 0 Å². The Bertz CT molecular complexity index is 476. The summed E-state index contributed by atoms with van der Waals surface area (Å²) in [6.45, 7) is 1.72. The van der Waals surface area contributed by atoms with Crippen LogP contribution >= 0.6 is 0 Å². The van der Waals surface area contributed by atoms with Crippen LogP contribution in [0.1, 0.15) is 0 Å². The monoisotopic (exact) mass is 221 g/mol. The van der Waals surface area contributed by atoms with Gasteiger partial charge >= 0.3 is 0 Å². The molecule has 86 valence electrons. The van der Waals surface area contributed by atoms with Crippen LogP contribution in [0.25, 0.3) is 11.0 Å². The number of nitrogen functional groups attached to an aromatic ring is 1. The normalized spacial score (nSPS) is 11.2. The van der Waals surface area contributed by atoms with E-state index in [4.69, 9.17) is 5.73 Å². The summed E-state index contributed by atoms with van der Waals surface area (Å²) in [5.74, 6) is 0.960. The first-order valence-corrected chi connectivity index (χ1v) is 5.02. The molecule has 0 atom stereocenters. The third-order valence-corrected chi connectivity index (χ3v) is 2.18. The summed E-state index contributed by atoms with van der Waals surface area (Å²) in [4.78, 5) is 10.3. The standard InChI is InChI=1S/C9H15N7/c1-16(2)4-3-11-7-6-5-12-15-8(6)14-9(10)13-7/h5H,3-4H2,1-2H3,(H4,10,11,12,13,14,15). The van der Waals surface area contributed by atoms with Crippen LogP contribution in [-0.2, 0) is 0 Å². The van der Waals surface area contributed by atoms with Gasteiger partial charge in [0.05, 0.1) is 11.6 Å². The first kappa shape index (κ1) is 10.6. The SMILES string of the molecule is CN(C)CCNc1nc(N)nc2[nH]ncc12. The van der Waals surface area contributed by atoms with Gasteiger partial charge < -0.3 is 16.0 Å². The van der Waals surface area contributed by atoms with E-state index >= 15 is 0 Å². The number of aromatic amines is 1. The number of rotatable bonds is 4. The van der Waals surface area contributed by atoms with Gasteiger partial charge in [0.2, 0.25) is 5.95 Å². The Labute approximate surface area is 93.1 Å². The summed E-state index contributed by atoms with van der Waals surface area (Å²) in [5.41, 5.74) is 6.25. The fourth-order valence-corrected chi connectivity index (χ4v) is 1.38. The van der Waals surface area contributed by atoms with Gasteiger partial charge in [0, 0.05) is 13.1 Å². The minimum absolute atomic E-state index is 0.240. The summed E-state index contributed by atoms with van der Waals surface area (Å²) in [7, 11) is 4.03. The van der Waals surface area contributed by atoms with Gasteiger partial charge in [0.1, 0.15) is 5.82 Å². The van der Waals surface area contributed by atoms with Crippen molar-refractivity contribution in [2.24, 2.45) is 0 Å². The Morgan fingerprint density at radius 2 is 2.25 bits per heavy atom. The van der Waals surface area contributed by atoms with E-state index in [1.54, 1.807) is 6.20 Å². The second-order valence-electron chi connectivity index (χ2n) is 3.79. The summed E-state index contributed by atoms with van der Waals surface area (Å²) >= 11 is 0. The molecule has 0 spiro atoms. The average molecular weight is 221 g/mol. The Kier molecular flexibility index (Phi) is 2.86. The molecule has 16 heavy (non-hydrogen) atoms. The molecule has 0 aliphatic heterocycles. The van der Waals surface area contributed by atoms with Crippen molar-refractivity contribution in [1.82, 2.24) is 25.1 Å². The van der Waals surface area contributed by atoms with Crippen molar-refractivity contribution in [2.45, 2.75) is 0 Å². The molecule has 0 unspecified atom stereocenters. The highest BCUT2D eigenvalue weighted by Gasteiger charge is 2.07. The molecular formula is C9H15N7. The fraction of sp³-hybridized carbons (Fsp3) is 0.444. The minimum Gasteiger partial charge on any atom is -0.368 e. The number of hydrogen-bond acceptors (Lipinski definition) is 6. The maximum absolute atomic E-state index is 5.59. The fourth-order valence-electron chi connectivity index (χ4n) is 1.38. The number of nitrogens with zero attached hydrogens (tertiary/aromatic N) is 4. The molecule has 0 amide bonds. The van der Waals surface area contributed by atoms with Crippen LogP contribution in [0.5, 0.6) is 0 Å².